The standard InChI is InChI=1S/C13H26N2O2/c1-13(10-14,12(16-2)17-3)15-9-8-11-6-4-5-7-11/h6,12,15H,4-5,7-10,14H2,1-3H3. The van der Waals surface area contributed by atoms with Gasteiger partial charge in [0.25, 0.3) is 0 Å². The van der Waals surface area contributed by atoms with Gasteiger partial charge in [0, 0.05) is 20.8 Å². The van der Waals surface area contributed by atoms with E-state index in [0.29, 0.717) is 6.54 Å². The molecule has 0 radical (unpaired) electrons. The second-order valence-corrected chi connectivity index (χ2v) is 4.86. The minimum atomic E-state index is -0.331. The Kier molecular flexibility index (Phi) is 6.12. The Hall–Kier alpha value is -0.420. The highest BCUT2D eigenvalue weighted by molar-refractivity contribution is 5.07. The average molecular weight is 242 g/mol. The summed E-state index contributed by atoms with van der Waals surface area (Å²) in [5.74, 6) is 0. The van der Waals surface area contributed by atoms with E-state index in [0.717, 1.165) is 13.0 Å². The predicted molar refractivity (Wildman–Crippen MR) is 69.8 cm³/mol. The van der Waals surface area contributed by atoms with Crippen LogP contribution >= 0.6 is 0 Å². The fourth-order valence-corrected chi connectivity index (χ4v) is 2.34. The van der Waals surface area contributed by atoms with Gasteiger partial charge in [-0.15, -0.1) is 0 Å². The van der Waals surface area contributed by atoms with Crippen LogP contribution in [-0.4, -0.2) is 39.1 Å². The van der Waals surface area contributed by atoms with Gasteiger partial charge in [0.1, 0.15) is 0 Å². The number of hydrogen-bond acceptors (Lipinski definition) is 4. The molecule has 17 heavy (non-hydrogen) atoms. The molecule has 0 spiro atoms. The molecule has 0 amide bonds. The molecule has 0 bridgehead atoms. The molecule has 0 aromatic rings. The minimum Gasteiger partial charge on any atom is -0.354 e. The van der Waals surface area contributed by atoms with Crippen LogP contribution in [0.15, 0.2) is 11.6 Å². The second-order valence-electron chi connectivity index (χ2n) is 4.86. The lowest BCUT2D eigenvalue weighted by Gasteiger charge is -2.35. The molecule has 0 saturated heterocycles. The lowest BCUT2D eigenvalue weighted by molar-refractivity contribution is -0.148. The number of nitrogens with two attached hydrogens (primary N) is 1. The predicted octanol–water partition coefficient (Wildman–Crippen LogP) is 1.41. The van der Waals surface area contributed by atoms with Crippen molar-refractivity contribution in [3.05, 3.63) is 11.6 Å². The fraction of sp³-hybridized carbons (Fsp3) is 0.846. The fourth-order valence-electron chi connectivity index (χ4n) is 2.34. The molecule has 1 unspecified atom stereocenters. The van der Waals surface area contributed by atoms with E-state index in [1.165, 1.54) is 19.3 Å². The van der Waals surface area contributed by atoms with Crippen molar-refractivity contribution in [3.63, 3.8) is 0 Å². The second kappa shape index (κ2) is 7.11. The van der Waals surface area contributed by atoms with Crippen molar-refractivity contribution in [2.75, 3.05) is 27.3 Å². The van der Waals surface area contributed by atoms with Gasteiger partial charge in [-0.25, -0.2) is 0 Å². The van der Waals surface area contributed by atoms with Crippen molar-refractivity contribution < 1.29 is 9.47 Å². The van der Waals surface area contributed by atoms with E-state index in [1.807, 2.05) is 6.92 Å². The molecular weight excluding hydrogens is 216 g/mol. The topological polar surface area (TPSA) is 56.5 Å². The normalized spacial score (nSPS) is 19.5. The van der Waals surface area contributed by atoms with Crippen molar-refractivity contribution in [3.8, 4) is 0 Å². The van der Waals surface area contributed by atoms with Gasteiger partial charge < -0.3 is 20.5 Å². The quantitative estimate of drug-likeness (QED) is 0.499. The molecule has 1 aliphatic carbocycles. The smallest absolute Gasteiger partial charge is 0.175 e. The first-order valence-electron chi connectivity index (χ1n) is 6.35. The van der Waals surface area contributed by atoms with E-state index < -0.39 is 0 Å². The van der Waals surface area contributed by atoms with Crippen molar-refractivity contribution in [2.24, 2.45) is 5.73 Å². The van der Waals surface area contributed by atoms with Gasteiger partial charge in [0.15, 0.2) is 6.29 Å². The van der Waals surface area contributed by atoms with Crippen molar-refractivity contribution in [2.45, 2.75) is 44.4 Å². The molecule has 0 aromatic heterocycles. The monoisotopic (exact) mass is 242 g/mol. The third kappa shape index (κ3) is 4.07. The van der Waals surface area contributed by atoms with Crippen LogP contribution in [0.4, 0.5) is 0 Å². The molecular formula is C13H26N2O2. The number of nitrogens with one attached hydrogen (secondary N) is 1. The molecule has 0 heterocycles. The van der Waals surface area contributed by atoms with E-state index in [-0.39, 0.29) is 11.8 Å². The molecule has 3 N–H and O–H groups in total. The van der Waals surface area contributed by atoms with Crippen molar-refractivity contribution in [1.29, 1.82) is 0 Å². The zero-order valence-corrected chi connectivity index (χ0v) is 11.3. The van der Waals surface area contributed by atoms with E-state index in [2.05, 4.69) is 11.4 Å². The third-order valence-corrected chi connectivity index (χ3v) is 3.48. The Morgan fingerprint density at radius 2 is 2.18 bits per heavy atom. The summed E-state index contributed by atoms with van der Waals surface area (Å²) in [6.45, 7) is 3.44. The highest BCUT2D eigenvalue weighted by Crippen LogP contribution is 2.20. The van der Waals surface area contributed by atoms with Crippen LogP contribution in [0.1, 0.15) is 32.6 Å². The number of hydrogen-bond donors (Lipinski definition) is 2. The number of ether oxygens (including phenoxy) is 2. The number of rotatable bonds is 8. The summed E-state index contributed by atoms with van der Waals surface area (Å²) in [5.41, 5.74) is 7.04. The van der Waals surface area contributed by atoms with Crippen LogP contribution in [0.3, 0.4) is 0 Å². The van der Waals surface area contributed by atoms with E-state index in [9.17, 15) is 0 Å². The molecule has 100 valence electrons. The molecule has 0 aliphatic heterocycles. The summed E-state index contributed by atoms with van der Waals surface area (Å²) in [4.78, 5) is 0. The Morgan fingerprint density at radius 3 is 2.65 bits per heavy atom. The van der Waals surface area contributed by atoms with Gasteiger partial charge in [0.05, 0.1) is 5.54 Å². The van der Waals surface area contributed by atoms with E-state index in [1.54, 1.807) is 19.8 Å². The zero-order chi connectivity index (χ0) is 12.7. The maximum atomic E-state index is 5.82. The third-order valence-electron chi connectivity index (χ3n) is 3.48. The number of methoxy groups -OCH3 is 2. The van der Waals surface area contributed by atoms with Gasteiger partial charge in [-0.05, 0) is 39.2 Å². The summed E-state index contributed by atoms with van der Waals surface area (Å²) < 4.78 is 10.6. The first-order chi connectivity index (χ1) is 8.16. The molecule has 1 aliphatic rings. The lowest BCUT2D eigenvalue weighted by Crippen LogP contribution is -2.58. The summed E-state index contributed by atoms with van der Waals surface area (Å²) in [6, 6.07) is 0. The largest absolute Gasteiger partial charge is 0.354 e. The maximum absolute atomic E-state index is 5.82. The Morgan fingerprint density at radius 1 is 1.47 bits per heavy atom. The average Bonchev–Trinajstić information content (AvgIpc) is 2.83. The summed E-state index contributed by atoms with van der Waals surface area (Å²) in [6.07, 6.45) is 6.93. The van der Waals surface area contributed by atoms with Crippen LogP contribution in [-0.2, 0) is 9.47 Å². The van der Waals surface area contributed by atoms with Crippen LogP contribution in [0.2, 0.25) is 0 Å². The van der Waals surface area contributed by atoms with Crippen LogP contribution < -0.4 is 11.1 Å². The van der Waals surface area contributed by atoms with E-state index >= 15 is 0 Å². The van der Waals surface area contributed by atoms with E-state index in [4.69, 9.17) is 15.2 Å². The van der Waals surface area contributed by atoms with Gasteiger partial charge in [-0.2, -0.15) is 0 Å². The van der Waals surface area contributed by atoms with Gasteiger partial charge in [-0.3, -0.25) is 0 Å². The summed E-state index contributed by atoms with van der Waals surface area (Å²) >= 11 is 0. The lowest BCUT2D eigenvalue weighted by atomic mass is 10.0. The first-order valence-corrected chi connectivity index (χ1v) is 6.35. The summed E-state index contributed by atoms with van der Waals surface area (Å²) in [5, 5.41) is 3.46. The van der Waals surface area contributed by atoms with Gasteiger partial charge >= 0.3 is 0 Å². The Balaban J connectivity index is 2.39. The van der Waals surface area contributed by atoms with Crippen LogP contribution in [0.25, 0.3) is 0 Å². The van der Waals surface area contributed by atoms with Crippen molar-refractivity contribution in [1.82, 2.24) is 5.32 Å². The molecule has 4 heteroatoms. The Labute approximate surface area is 105 Å². The molecule has 0 aromatic carbocycles. The molecule has 1 atom stereocenters. The summed E-state index contributed by atoms with van der Waals surface area (Å²) in [7, 11) is 3.28. The molecule has 1 rings (SSSR count). The SMILES string of the molecule is COC(OC)C(C)(CN)NCCC1=CCCC1. The molecule has 0 fully saturated rings. The maximum Gasteiger partial charge on any atom is 0.175 e. The molecule has 4 nitrogen and oxygen atoms in total. The van der Waals surface area contributed by atoms with Crippen LogP contribution in [0, 0.1) is 0 Å². The highest BCUT2D eigenvalue weighted by atomic mass is 16.7. The Bertz CT molecular complexity index is 252. The van der Waals surface area contributed by atoms with Gasteiger partial charge in [-0.1, -0.05) is 11.6 Å². The highest BCUT2D eigenvalue weighted by Gasteiger charge is 2.32. The van der Waals surface area contributed by atoms with Crippen molar-refractivity contribution >= 4 is 0 Å². The van der Waals surface area contributed by atoms with Crippen LogP contribution in [0.5, 0.6) is 0 Å². The first kappa shape index (κ1) is 14.6. The minimum absolute atomic E-state index is 0.315. The zero-order valence-electron chi connectivity index (χ0n) is 11.3. The molecule has 0 saturated carbocycles. The number of allylic oxidation sites excluding steroid dienone is 1. The van der Waals surface area contributed by atoms with Gasteiger partial charge in [0.2, 0.25) is 0 Å².